The zero-order valence-corrected chi connectivity index (χ0v) is 10.1. The summed E-state index contributed by atoms with van der Waals surface area (Å²) in [7, 11) is 0. The predicted octanol–water partition coefficient (Wildman–Crippen LogP) is -1.02. The van der Waals surface area contributed by atoms with E-state index in [1.165, 1.54) is 19.9 Å². The van der Waals surface area contributed by atoms with E-state index in [-0.39, 0.29) is 5.57 Å². The van der Waals surface area contributed by atoms with E-state index in [9.17, 15) is 25.2 Å². The number of aliphatic hydroxyl groups is 4. The molecule has 0 atom stereocenters. The number of aliphatic carboxylic acids is 1. The number of carbonyl (C=O) groups is 1. The van der Waals surface area contributed by atoms with Crippen molar-refractivity contribution in [1.82, 2.24) is 0 Å². The molecule has 0 bridgehead atoms. The highest BCUT2D eigenvalue weighted by atomic mass is 16.4. The molecular weight excluding hydrogens is 228 g/mol. The maximum absolute atomic E-state index is 10.8. The van der Waals surface area contributed by atoms with E-state index in [0.717, 1.165) is 0 Å². The third kappa shape index (κ3) is 3.04. The molecule has 0 heterocycles. The van der Waals surface area contributed by atoms with Crippen molar-refractivity contribution < 1.29 is 30.3 Å². The summed E-state index contributed by atoms with van der Waals surface area (Å²) in [4.78, 5) is 10.8. The second-order valence-electron chi connectivity index (χ2n) is 4.48. The van der Waals surface area contributed by atoms with Crippen molar-refractivity contribution in [3.8, 4) is 0 Å². The monoisotopic (exact) mass is 248 g/mol. The molecule has 100 valence electrons. The van der Waals surface area contributed by atoms with E-state index in [1.807, 2.05) is 0 Å². The summed E-state index contributed by atoms with van der Waals surface area (Å²) < 4.78 is 0. The molecule has 0 aliphatic rings. The summed E-state index contributed by atoms with van der Waals surface area (Å²) in [5.41, 5.74) is -2.67. The fourth-order valence-corrected chi connectivity index (χ4v) is 1.54. The van der Waals surface area contributed by atoms with Gasteiger partial charge in [-0.05, 0) is 6.92 Å². The molecule has 0 aromatic heterocycles. The van der Waals surface area contributed by atoms with Crippen molar-refractivity contribution in [3.63, 3.8) is 0 Å². The van der Waals surface area contributed by atoms with Crippen LogP contribution in [0.2, 0.25) is 0 Å². The van der Waals surface area contributed by atoms with E-state index < -0.39 is 43.2 Å². The normalized spacial score (nSPS) is 13.9. The zero-order valence-electron chi connectivity index (χ0n) is 10.1. The highest BCUT2D eigenvalue weighted by Gasteiger charge is 2.46. The van der Waals surface area contributed by atoms with Gasteiger partial charge in [-0.1, -0.05) is 13.0 Å². The Morgan fingerprint density at radius 3 is 1.71 bits per heavy atom. The molecule has 0 saturated carbocycles. The summed E-state index contributed by atoms with van der Waals surface area (Å²) in [5.74, 6) is -1.19. The number of aliphatic hydroxyl groups excluding tert-OH is 4. The van der Waals surface area contributed by atoms with Gasteiger partial charge < -0.3 is 25.5 Å². The van der Waals surface area contributed by atoms with Gasteiger partial charge in [0.2, 0.25) is 0 Å². The first-order chi connectivity index (χ1) is 7.82. The number of carboxylic acid groups (broad SMARTS) is 1. The van der Waals surface area contributed by atoms with Gasteiger partial charge in [-0.2, -0.15) is 0 Å². The van der Waals surface area contributed by atoms with Gasteiger partial charge >= 0.3 is 5.97 Å². The topological polar surface area (TPSA) is 118 Å². The van der Waals surface area contributed by atoms with Crippen LogP contribution >= 0.6 is 0 Å². The molecule has 0 fully saturated rings. The lowest BCUT2D eigenvalue weighted by Crippen LogP contribution is -2.49. The van der Waals surface area contributed by atoms with Crippen LogP contribution in [0.1, 0.15) is 13.8 Å². The summed E-state index contributed by atoms with van der Waals surface area (Å²) in [6.45, 7) is 0.641. The molecule has 6 nitrogen and oxygen atoms in total. The van der Waals surface area contributed by atoms with Crippen molar-refractivity contribution in [1.29, 1.82) is 0 Å². The Hall–Kier alpha value is -0.950. The van der Waals surface area contributed by atoms with Gasteiger partial charge in [-0.25, -0.2) is 4.79 Å². The Kier molecular flexibility index (Phi) is 5.77. The van der Waals surface area contributed by atoms with Crippen LogP contribution in [0.25, 0.3) is 0 Å². The van der Waals surface area contributed by atoms with Gasteiger partial charge in [-0.15, -0.1) is 0 Å². The fourth-order valence-electron chi connectivity index (χ4n) is 1.54. The highest BCUT2D eigenvalue weighted by molar-refractivity contribution is 5.85. The fraction of sp³-hybridized carbons (Fsp3) is 0.727. The molecule has 5 N–H and O–H groups in total. The lowest BCUT2D eigenvalue weighted by Gasteiger charge is -2.42. The van der Waals surface area contributed by atoms with Crippen LogP contribution in [0.15, 0.2) is 11.6 Å². The van der Waals surface area contributed by atoms with Gasteiger partial charge in [-0.3, -0.25) is 0 Å². The quantitative estimate of drug-likeness (QED) is 0.368. The standard InChI is InChI=1S/C11H20O6/c1-8(9(16)17)3-11(6-14,7-15)10(2,4-12)5-13/h3,12-15H,4-7H2,1-2H3,(H,16,17). The number of hydrogen-bond donors (Lipinski definition) is 5. The molecule has 0 aliphatic carbocycles. The van der Waals surface area contributed by atoms with E-state index in [0.29, 0.717) is 0 Å². The first-order valence-electron chi connectivity index (χ1n) is 5.18. The second kappa shape index (κ2) is 6.11. The van der Waals surface area contributed by atoms with Crippen LogP contribution in [0.4, 0.5) is 0 Å². The van der Waals surface area contributed by atoms with Crippen LogP contribution in [0, 0.1) is 10.8 Å². The van der Waals surface area contributed by atoms with Gasteiger partial charge in [0.25, 0.3) is 0 Å². The maximum Gasteiger partial charge on any atom is 0.330 e. The third-order valence-electron chi connectivity index (χ3n) is 3.29. The first kappa shape index (κ1) is 16.1. The van der Waals surface area contributed by atoms with Crippen molar-refractivity contribution in [3.05, 3.63) is 11.6 Å². The first-order valence-corrected chi connectivity index (χ1v) is 5.18. The number of carboxylic acids is 1. The zero-order chi connectivity index (χ0) is 13.7. The molecular formula is C11H20O6. The smallest absolute Gasteiger partial charge is 0.330 e. The van der Waals surface area contributed by atoms with Crippen LogP contribution in [-0.2, 0) is 4.79 Å². The minimum absolute atomic E-state index is 0.0683. The minimum atomic E-state index is -1.39. The van der Waals surface area contributed by atoms with E-state index in [2.05, 4.69) is 0 Å². The van der Waals surface area contributed by atoms with Crippen LogP contribution in [-0.4, -0.2) is 57.9 Å². The van der Waals surface area contributed by atoms with E-state index >= 15 is 0 Å². The molecule has 0 rings (SSSR count). The van der Waals surface area contributed by atoms with Gasteiger partial charge in [0.05, 0.1) is 26.4 Å². The second-order valence-corrected chi connectivity index (χ2v) is 4.48. The Morgan fingerprint density at radius 2 is 1.47 bits per heavy atom. The van der Waals surface area contributed by atoms with Crippen LogP contribution < -0.4 is 0 Å². The summed E-state index contributed by atoms with van der Waals surface area (Å²) >= 11 is 0. The summed E-state index contributed by atoms with van der Waals surface area (Å²) in [6, 6.07) is 0. The van der Waals surface area contributed by atoms with Gasteiger partial charge in [0.15, 0.2) is 0 Å². The summed E-state index contributed by atoms with van der Waals surface area (Å²) in [6.07, 6.45) is 1.18. The van der Waals surface area contributed by atoms with E-state index in [4.69, 9.17) is 5.11 Å². The van der Waals surface area contributed by atoms with Gasteiger partial charge in [0, 0.05) is 16.4 Å². The Bertz CT molecular complexity index is 288. The maximum atomic E-state index is 10.8. The van der Waals surface area contributed by atoms with Crippen molar-refractivity contribution in [2.24, 2.45) is 10.8 Å². The van der Waals surface area contributed by atoms with Crippen LogP contribution in [0.5, 0.6) is 0 Å². The molecule has 0 spiro atoms. The van der Waals surface area contributed by atoms with E-state index in [1.54, 1.807) is 0 Å². The molecule has 0 aliphatic heterocycles. The lowest BCUT2D eigenvalue weighted by atomic mass is 9.65. The molecule has 0 aromatic carbocycles. The van der Waals surface area contributed by atoms with Crippen molar-refractivity contribution in [2.75, 3.05) is 26.4 Å². The molecule has 17 heavy (non-hydrogen) atoms. The van der Waals surface area contributed by atoms with Crippen LogP contribution in [0.3, 0.4) is 0 Å². The SMILES string of the molecule is CC(=CC(CO)(CO)C(C)(CO)CO)C(=O)O. The Balaban J connectivity index is 5.59. The average molecular weight is 248 g/mol. The molecule has 6 heteroatoms. The highest BCUT2D eigenvalue weighted by Crippen LogP contribution is 2.40. The van der Waals surface area contributed by atoms with Crippen molar-refractivity contribution in [2.45, 2.75) is 13.8 Å². The molecule has 0 saturated heterocycles. The Labute approximate surface area is 99.8 Å². The average Bonchev–Trinajstić information content (AvgIpc) is 2.34. The molecule has 0 amide bonds. The third-order valence-corrected chi connectivity index (χ3v) is 3.29. The van der Waals surface area contributed by atoms with Crippen molar-refractivity contribution >= 4 is 5.97 Å². The lowest BCUT2D eigenvalue weighted by molar-refractivity contribution is -0.132. The predicted molar refractivity (Wildman–Crippen MR) is 60.3 cm³/mol. The summed E-state index contributed by atoms with van der Waals surface area (Å²) in [5, 5.41) is 46.1. The molecule has 0 radical (unpaired) electrons. The van der Waals surface area contributed by atoms with Gasteiger partial charge in [0.1, 0.15) is 0 Å². The molecule has 0 aromatic rings. The minimum Gasteiger partial charge on any atom is -0.478 e. The Morgan fingerprint density at radius 1 is 1.06 bits per heavy atom. The molecule has 0 unspecified atom stereocenters. The number of hydrogen-bond acceptors (Lipinski definition) is 5. The number of rotatable bonds is 7. The largest absolute Gasteiger partial charge is 0.478 e.